The molecule has 0 saturated carbocycles. The Hall–Kier alpha value is -2.62. The Balaban J connectivity index is 2.10. The van der Waals surface area contributed by atoms with Crippen LogP contribution in [0.3, 0.4) is 0 Å². The number of aryl methyl sites for hydroxylation is 2. The number of rotatable bonds is 3. The van der Waals surface area contributed by atoms with E-state index in [0.717, 1.165) is 33.4 Å². The molecule has 0 spiro atoms. The molecule has 0 bridgehead atoms. The number of nitrogens with one attached hydrogen (secondary N) is 1. The van der Waals surface area contributed by atoms with E-state index in [9.17, 15) is 4.79 Å². The van der Waals surface area contributed by atoms with Crippen molar-refractivity contribution in [2.75, 3.05) is 5.32 Å². The van der Waals surface area contributed by atoms with E-state index in [4.69, 9.17) is 4.42 Å². The number of carbonyl (C=O) groups is 1. The minimum atomic E-state index is 0.538. The second-order valence-corrected chi connectivity index (χ2v) is 4.74. The average Bonchev–Trinajstić information content (AvgIpc) is 2.78. The summed E-state index contributed by atoms with van der Waals surface area (Å²) in [6.45, 7) is 3.98. The molecule has 4 nitrogen and oxygen atoms in total. The molecule has 100 valence electrons. The summed E-state index contributed by atoms with van der Waals surface area (Å²) in [6, 6.07) is 9.91. The Morgan fingerprint density at radius 2 is 2.00 bits per heavy atom. The largest absolute Gasteiger partial charge is 0.461 e. The maximum Gasteiger partial charge on any atom is 0.212 e. The van der Waals surface area contributed by atoms with Gasteiger partial charge in [0.1, 0.15) is 17.3 Å². The first-order valence-corrected chi connectivity index (χ1v) is 6.35. The molecule has 0 unspecified atom stereocenters. The Labute approximate surface area is 116 Å². The van der Waals surface area contributed by atoms with E-state index in [1.807, 2.05) is 44.2 Å². The number of benzene rings is 1. The standard InChI is InChI=1S/C16H14N2O2/c1-10-5-15(20-11(10)2)12-3-4-13-8-17-16(18-9-19)7-14(13)6-12/h3-9H,1-2H3,(H,17,18,19). The highest BCUT2D eigenvalue weighted by atomic mass is 16.3. The lowest BCUT2D eigenvalue weighted by Gasteiger charge is -2.03. The van der Waals surface area contributed by atoms with Crippen LogP contribution in [0.5, 0.6) is 0 Å². The fourth-order valence-electron chi connectivity index (χ4n) is 2.15. The van der Waals surface area contributed by atoms with E-state index in [1.165, 1.54) is 0 Å². The van der Waals surface area contributed by atoms with Crippen LogP contribution < -0.4 is 5.32 Å². The van der Waals surface area contributed by atoms with Gasteiger partial charge in [0.15, 0.2) is 0 Å². The zero-order valence-electron chi connectivity index (χ0n) is 11.3. The van der Waals surface area contributed by atoms with Crippen LogP contribution in [0.4, 0.5) is 5.82 Å². The number of furan rings is 1. The number of carbonyl (C=O) groups excluding carboxylic acids is 1. The average molecular weight is 266 g/mol. The highest BCUT2D eigenvalue weighted by Gasteiger charge is 2.07. The topological polar surface area (TPSA) is 55.1 Å². The van der Waals surface area contributed by atoms with Crippen LogP contribution in [0, 0.1) is 13.8 Å². The van der Waals surface area contributed by atoms with Crippen molar-refractivity contribution in [1.82, 2.24) is 4.98 Å². The fourth-order valence-corrected chi connectivity index (χ4v) is 2.15. The third-order valence-corrected chi connectivity index (χ3v) is 3.38. The number of anilines is 1. The summed E-state index contributed by atoms with van der Waals surface area (Å²) in [5.41, 5.74) is 2.15. The molecule has 20 heavy (non-hydrogen) atoms. The quantitative estimate of drug-likeness (QED) is 0.736. The second kappa shape index (κ2) is 4.81. The van der Waals surface area contributed by atoms with Gasteiger partial charge in [0.25, 0.3) is 0 Å². The third-order valence-electron chi connectivity index (χ3n) is 3.38. The smallest absolute Gasteiger partial charge is 0.212 e. The first-order valence-electron chi connectivity index (χ1n) is 6.35. The van der Waals surface area contributed by atoms with Gasteiger partial charge >= 0.3 is 0 Å². The molecule has 0 radical (unpaired) electrons. The maximum atomic E-state index is 10.5. The monoisotopic (exact) mass is 266 g/mol. The van der Waals surface area contributed by atoms with Gasteiger partial charge in [-0.15, -0.1) is 0 Å². The summed E-state index contributed by atoms with van der Waals surface area (Å²) >= 11 is 0. The van der Waals surface area contributed by atoms with Crippen LogP contribution in [-0.2, 0) is 4.79 Å². The minimum absolute atomic E-state index is 0.538. The van der Waals surface area contributed by atoms with Gasteiger partial charge in [0.05, 0.1) is 0 Å². The zero-order valence-corrected chi connectivity index (χ0v) is 11.3. The molecule has 1 aromatic carbocycles. The fraction of sp³-hybridized carbons (Fsp3) is 0.125. The van der Waals surface area contributed by atoms with Crippen molar-refractivity contribution in [2.24, 2.45) is 0 Å². The minimum Gasteiger partial charge on any atom is -0.461 e. The Morgan fingerprint density at radius 1 is 1.15 bits per heavy atom. The molecule has 1 N–H and O–H groups in total. The van der Waals surface area contributed by atoms with Gasteiger partial charge in [-0.2, -0.15) is 0 Å². The predicted octanol–water partition coefficient (Wildman–Crippen LogP) is 3.68. The Bertz CT molecular complexity index is 771. The highest BCUT2D eigenvalue weighted by molar-refractivity contribution is 5.89. The van der Waals surface area contributed by atoms with Crippen molar-refractivity contribution in [3.63, 3.8) is 0 Å². The SMILES string of the molecule is Cc1cc(-c2ccc3cnc(NC=O)cc3c2)oc1C. The van der Waals surface area contributed by atoms with Crippen molar-refractivity contribution in [3.05, 3.63) is 47.9 Å². The number of nitrogens with zero attached hydrogens (tertiary/aromatic N) is 1. The van der Waals surface area contributed by atoms with E-state index in [1.54, 1.807) is 6.20 Å². The Kier molecular flexibility index (Phi) is 2.99. The van der Waals surface area contributed by atoms with E-state index in [-0.39, 0.29) is 0 Å². The Morgan fingerprint density at radius 3 is 2.70 bits per heavy atom. The predicted molar refractivity (Wildman–Crippen MR) is 78.6 cm³/mol. The van der Waals surface area contributed by atoms with Crippen LogP contribution >= 0.6 is 0 Å². The molecule has 1 amide bonds. The number of hydrogen-bond donors (Lipinski definition) is 1. The van der Waals surface area contributed by atoms with Gasteiger partial charge in [-0.1, -0.05) is 12.1 Å². The molecule has 2 aromatic heterocycles. The number of amides is 1. The van der Waals surface area contributed by atoms with Gasteiger partial charge in [-0.25, -0.2) is 4.98 Å². The molecule has 0 atom stereocenters. The van der Waals surface area contributed by atoms with E-state index in [2.05, 4.69) is 10.3 Å². The normalized spacial score (nSPS) is 10.7. The van der Waals surface area contributed by atoms with Crippen LogP contribution in [0.15, 0.2) is 40.9 Å². The van der Waals surface area contributed by atoms with Gasteiger partial charge in [0.2, 0.25) is 6.41 Å². The van der Waals surface area contributed by atoms with Crippen molar-refractivity contribution in [1.29, 1.82) is 0 Å². The lowest BCUT2D eigenvalue weighted by Crippen LogP contribution is -1.95. The third kappa shape index (κ3) is 2.16. The molecular formula is C16H14N2O2. The lowest BCUT2D eigenvalue weighted by molar-refractivity contribution is -0.105. The van der Waals surface area contributed by atoms with Crippen LogP contribution in [0.1, 0.15) is 11.3 Å². The molecule has 4 heteroatoms. The highest BCUT2D eigenvalue weighted by Crippen LogP contribution is 2.28. The van der Waals surface area contributed by atoms with Crippen molar-refractivity contribution in [3.8, 4) is 11.3 Å². The van der Waals surface area contributed by atoms with Gasteiger partial charge in [-0.05, 0) is 43.0 Å². The van der Waals surface area contributed by atoms with Gasteiger partial charge < -0.3 is 9.73 Å². The number of pyridine rings is 1. The molecule has 0 saturated heterocycles. The first-order chi connectivity index (χ1) is 9.67. The molecule has 3 aromatic rings. The van der Waals surface area contributed by atoms with Gasteiger partial charge in [-0.3, -0.25) is 4.79 Å². The summed E-state index contributed by atoms with van der Waals surface area (Å²) in [4.78, 5) is 14.6. The van der Waals surface area contributed by atoms with Crippen molar-refractivity contribution in [2.45, 2.75) is 13.8 Å². The molecule has 2 heterocycles. The van der Waals surface area contributed by atoms with Gasteiger partial charge in [0, 0.05) is 17.1 Å². The van der Waals surface area contributed by atoms with E-state index < -0.39 is 0 Å². The van der Waals surface area contributed by atoms with Crippen LogP contribution in [0.25, 0.3) is 22.1 Å². The first kappa shape index (κ1) is 12.4. The van der Waals surface area contributed by atoms with E-state index >= 15 is 0 Å². The summed E-state index contributed by atoms with van der Waals surface area (Å²) in [5.74, 6) is 2.32. The van der Waals surface area contributed by atoms with Crippen molar-refractivity contribution < 1.29 is 9.21 Å². The number of hydrogen-bond acceptors (Lipinski definition) is 3. The molecule has 0 fully saturated rings. The second-order valence-electron chi connectivity index (χ2n) is 4.74. The number of fused-ring (bicyclic) bond motifs is 1. The van der Waals surface area contributed by atoms with Crippen molar-refractivity contribution >= 4 is 23.0 Å². The molecule has 3 rings (SSSR count). The summed E-state index contributed by atoms with van der Waals surface area (Å²) in [6.07, 6.45) is 2.36. The summed E-state index contributed by atoms with van der Waals surface area (Å²) in [7, 11) is 0. The molecular weight excluding hydrogens is 252 g/mol. The maximum absolute atomic E-state index is 10.5. The van der Waals surface area contributed by atoms with E-state index in [0.29, 0.717) is 12.2 Å². The molecule has 0 aliphatic carbocycles. The summed E-state index contributed by atoms with van der Waals surface area (Å²) in [5, 5.41) is 4.58. The van der Waals surface area contributed by atoms with Crippen LogP contribution in [-0.4, -0.2) is 11.4 Å². The number of aromatic nitrogens is 1. The summed E-state index contributed by atoms with van der Waals surface area (Å²) < 4.78 is 5.74. The molecule has 0 aliphatic rings. The van der Waals surface area contributed by atoms with Crippen LogP contribution in [0.2, 0.25) is 0 Å². The zero-order chi connectivity index (χ0) is 14.1. The molecule has 0 aliphatic heterocycles. The lowest BCUT2D eigenvalue weighted by atomic mass is 10.1.